The van der Waals surface area contributed by atoms with Gasteiger partial charge in [0.05, 0.1) is 18.7 Å². The number of benzene rings is 2. The maximum Gasteiger partial charge on any atom is 0.275 e. The molecule has 0 radical (unpaired) electrons. The van der Waals surface area contributed by atoms with Gasteiger partial charge in [0.15, 0.2) is 5.69 Å². The molecule has 128 valence electrons. The molecule has 0 saturated carbocycles. The molecule has 6 nitrogen and oxygen atoms in total. The third kappa shape index (κ3) is 3.34. The number of amides is 1. The van der Waals surface area contributed by atoms with Crippen molar-refractivity contribution in [3.05, 3.63) is 60.3 Å². The first-order chi connectivity index (χ1) is 12.3. The first kappa shape index (κ1) is 15.7. The number of H-pyrrole nitrogens is 1. The molecule has 3 aromatic rings. The zero-order valence-electron chi connectivity index (χ0n) is 13.7. The Balaban J connectivity index is 1.43. The molecule has 1 amide bonds. The number of nitrogens with one attached hydrogen (secondary N) is 1. The van der Waals surface area contributed by atoms with Crippen LogP contribution in [0.3, 0.4) is 0 Å². The number of carbonyl (C=O) groups is 1. The van der Waals surface area contributed by atoms with Crippen LogP contribution in [0.25, 0.3) is 10.9 Å². The number of aromatic amines is 1. The van der Waals surface area contributed by atoms with E-state index in [-0.39, 0.29) is 12.0 Å². The summed E-state index contributed by atoms with van der Waals surface area (Å²) in [5.74, 6) is 0.721. The van der Waals surface area contributed by atoms with E-state index in [9.17, 15) is 4.79 Å². The molecule has 1 saturated heterocycles. The van der Waals surface area contributed by atoms with Crippen LogP contribution < -0.4 is 4.74 Å². The van der Waals surface area contributed by atoms with Gasteiger partial charge in [-0.2, -0.15) is 5.10 Å². The molecule has 0 bridgehead atoms. The topological polar surface area (TPSA) is 67.5 Å². The van der Waals surface area contributed by atoms with E-state index >= 15 is 0 Å². The average Bonchev–Trinajstić information content (AvgIpc) is 3.11. The fourth-order valence-electron chi connectivity index (χ4n) is 2.99. The maximum atomic E-state index is 12.8. The summed E-state index contributed by atoms with van der Waals surface area (Å²) in [7, 11) is 0. The number of aromatic nitrogens is 2. The van der Waals surface area contributed by atoms with Crippen LogP contribution in [0.4, 0.5) is 0 Å². The highest BCUT2D eigenvalue weighted by atomic mass is 16.5. The van der Waals surface area contributed by atoms with Gasteiger partial charge in [0.25, 0.3) is 5.91 Å². The number of carbonyl (C=O) groups excluding carboxylic acids is 1. The van der Waals surface area contributed by atoms with Crippen LogP contribution in [0.5, 0.6) is 5.75 Å². The van der Waals surface area contributed by atoms with Crippen molar-refractivity contribution in [1.29, 1.82) is 0 Å². The van der Waals surface area contributed by atoms with Gasteiger partial charge in [-0.1, -0.05) is 36.4 Å². The number of rotatable bonds is 4. The third-order valence-electron chi connectivity index (χ3n) is 4.28. The zero-order chi connectivity index (χ0) is 17.1. The molecule has 1 fully saturated rings. The van der Waals surface area contributed by atoms with Crippen LogP contribution in [0.2, 0.25) is 0 Å². The first-order valence-corrected chi connectivity index (χ1v) is 8.33. The predicted octanol–water partition coefficient (Wildman–Crippen LogP) is 2.48. The minimum atomic E-state index is -0.150. The Morgan fingerprint density at radius 2 is 2.00 bits per heavy atom. The van der Waals surface area contributed by atoms with E-state index < -0.39 is 0 Å². The van der Waals surface area contributed by atoms with E-state index in [1.807, 2.05) is 54.6 Å². The van der Waals surface area contributed by atoms with Crippen molar-refractivity contribution in [2.75, 3.05) is 26.3 Å². The number of hydrogen-bond donors (Lipinski definition) is 1. The first-order valence-electron chi connectivity index (χ1n) is 8.33. The lowest BCUT2D eigenvalue weighted by molar-refractivity contribution is -0.0402. The number of ether oxygens (including phenoxy) is 2. The summed E-state index contributed by atoms with van der Waals surface area (Å²) in [5.41, 5.74) is 1.32. The van der Waals surface area contributed by atoms with E-state index in [2.05, 4.69) is 10.2 Å². The molecule has 4 rings (SSSR count). The Bertz CT molecular complexity index is 862. The summed E-state index contributed by atoms with van der Waals surface area (Å²) in [6, 6.07) is 17.2. The molecule has 0 spiro atoms. The molecule has 2 heterocycles. The van der Waals surface area contributed by atoms with Crippen LogP contribution in [0, 0.1) is 0 Å². The van der Waals surface area contributed by atoms with Crippen molar-refractivity contribution in [2.24, 2.45) is 0 Å². The Kier molecular flexibility index (Phi) is 4.35. The van der Waals surface area contributed by atoms with E-state index in [0.717, 1.165) is 16.7 Å². The van der Waals surface area contributed by atoms with Gasteiger partial charge in [0.1, 0.15) is 18.5 Å². The summed E-state index contributed by atoms with van der Waals surface area (Å²) in [6.45, 7) is 1.96. The third-order valence-corrected chi connectivity index (χ3v) is 4.28. The minimum absolute atomic E-state index is 0.0783. The van der Waals surface area contributed by atoms with Gasteiger partial charge >= 0.3 is 0 Å². The van der Waals surface area contributed by atoms with Gasteiger partial charge in [-0.3, -0.25) is 9.89 Å². The van der Waals surface area contributed by atoms with Crippen molar-refractivity contribution >= 4 is 16.8 Å². The second-order valence-corrected chi connectivity index (χ2v) is 5.99. The number of para-hydroxylation sites is 2. The van der Waals surface area contributed by atoms with Crippen molar-refractivity contribution in [3.8, 4) is 5.75 Å². The second-order valence-electron chi connectivity index (χ2n) is 5.99. The van der Waals surface area contributed by atoms with Crippen LogP contribution in [0.1, 0.15) is 10.5 Å². The number of morpholine rings is 1. The highest BCUT2D eigenvalue weighted by Gasteiger charge is 2.27. The smallest absolute Gasteiger partial charge is 0.275 e. The second kappa shape index (κ2) is 6.94. The lowest BCUT2D eigenvalue weighted by Gasteiger charge is -2.32. The Morgan fingerprint density at radius 1 is 1.20 bits per heavy atom. The highest BCUT2D eigenvalue weighted by Crippen LogP contribution is 2.19. The van der Waals surface area contributed by atoms with Crippen molar-refractivity contribution < 1.29 is 14.3 Å². The predicted molar refractivity (Wildman–Crippen MR) is 93.7 cm³/mol. The summed E-state index contributed by atoms with van der Waals surface area (Å²) < 4.78 is 11.5. The Morgan fingerprint density at radius 3 is 2.88 bits per heavy atom. The fraction of sp³-hybridized carbons (Fsp3) is 0.263. The molecule has 1 N–H and O–H groups in total. The van der Waals surface area contributed by atoms with Crippen LogP contribution in [-0.2, 0) is 4.74 Å². The van der Waals surface area contributed by atoms with Gasteiger partial charge in [0.2, 0.25) is 0 Å². The minimum Gasteiger partial charge on any atom is -0.491 e. The van der Waals surface area contributed by atoms with E-state index in [4.69, 9.17) is 9.47 Å². The quantitative estimate of drug-likeness (QED) is 0.794. The molecular weight excluding hydrogens is 318 g/mol. The summed E-state index contributed by atoms with van der Waals surface area (Å²) in [6.07, 6.45) is -0.150. The lowest BCUT2D eigenvalue weighted by Crippen LogP contribution is -2.47. The number of hydrogen-bond acceptors (Lipinski definition) is 4. The lowest BCUT2D eigenvalue weighted by atomic mass is 10.2. The molecule has 0 aliphatic carbocycles. The average molecular weight is 337 g/mol. The maximum absolute atomic E-state index is 12.8. The standard InChI is InChI=1S/C19H19N3O3/c23-19(18-16-8-4-5-9-17(16)20-21-18)22-10-11-24-15(12-22)13-25-14-6-2-1-3-7-14/h1-9,15H,10-13H2,(H,20,21). The largest absolute Gasteiger partial charge is 0.491 e. The van der Waals surface area contributed by atoms with Crippen molar-refractivity contribution in [2.45, 2.75) is 6.10 Å². The summed E-state index contributed by atoms with van der Waals surface area (Å²) in [4.78, 5) is 14.6. The van der Waals surface area contributed by atoms with Gasteiger partial charge in [-0.05, 0) is 18.2 Å². The molecule has 1 aromatic heterocycles. The van der Waals surface area contributed by atoms with Gasteiger partial charge < -0.3 is 14.4 Å². The number of fused-ring (bicyclic) bond motifs is 1. The monoisotopic (exact) mass is 337 g/mol. The van der Waals surface area contributed by atoms with Crippen molar-refractivity contribution in [3.63, 3.8) is 0 Å². The van der Waals surface area contributed by atoms with Gasteiger partial charge in [-0.25, -0.2) is 0 Å². The zero-order valence-corrected chi connectivity index (χ0v) is 13.7. The normalized spacial score (nSPS) is 17.6. The van der Waals surface area contributed by atoms with E-state index in [1.54, 1.807) is 4.90 Å². The molecule has 1 aliphatic heterocycles. The Labute approximate surface area is 145 Å². The van der Waals surface area contributed by atoms with Gasteiger partial charge in [-0.15, -0.1) is 0 Å². The molecule has 2 aromatic carbocycles. The molecule has 1 atom stereocenters. The molecule has 25 heavy (non-hydrogen) atoms. The van der Waals surface area contributed by atoms with E-state index in [1.165, 1.54) is 0 Å². The van der Waals surface area contributed by atoms with Crippen molar-refractivity contribution in [1.82, 2.24) is 15.1 Å². The number of nitrogens with zero attached hydrogens (tertiary/aromatic N) is 2. The molecule has 6 heteroatoms. The fourth-order valence-corrected chi connectivity index (χ4v) is 2.99. The van der Waals surface area contributed by atoms with E-state index in [0.29, 0.717) is 32.0 Å². The van der Waals surface area contributed by atoms with Crippen LogP contribution >= 0.6 is 0 Å². The summed E-state index contributed by atoms with van der Waals surface area (Å²) in [5, 5.41) is 7.96. The molecule has 1 aliphatic rings. The SMILES string of the molecule is O=C(c1n[nH]c2ccccc12)N1CCOC(COc2ccccc2)C1. The molecular formula is C19H19N3O3. The highest BCUT2D eigenvalue weighted by molar-refractivity contribution is 6.04. The van der Waals surface area contributed by atoms with Gasteiger partial charge in [0, 0.05) is 11.9 Å². The summed E-state index contributed by atoms with van der Waals surface area (Å²) >= 11 is 0. The molecule has 1 unspecified atom stereocenters. The van der Waals surface area contributed by atoms with Crippen LogP contribution in [0.15, 0.2) is 54.6 Å². The van der Waals surface area contributed by atoms with Crippen LogP contribution in [-0.4, -0.2) is 53.4 Å². The Hall–Kier alpha value is -2.86.